The first kappa shape index (κ1) is 24.6. The predicted molar refractivity (Wildman–Crippen MR) is 151 cm³/mol. The number of para-hydroxylation sites is 2. The molecule has 5 rings (SSSR count). The van der Waals surface area contributed by atoms with Crippen molar-refractivity contribution in [2.24, 2.45) is 0 Å². The van der Waals surface area contributed by atoms with Crippen molar-refractivity contribution >= 4 is 90.9 Å². The van der Waals surface area contributed by atoms with E-state index >= 15 is 0 Å². The summed E-state index contributed by atoms with van der Waals surface area (Å²) in [5.41, 5.74) is 5.00. The number of amides is 2. The molecule has 0 spiro atoms. The SMILES string of the molecule is Cc1ccc(Cl)cc1NC(=O)CSc1nc2ccc(NC(=O)CSc3nc4ccccc4[nH]3)cc2s1. The zero-order chi connectivity index (χ0) is 25.1. The molecule has 36 heavy (non-hydrogen) atoms. The van der Waals surface area contributed by atoms with E-state index in [9.17, 15) is 9.59 Å². The number of halogens is 1. The first-order chi connectivity index (χ1) is 17.4. The number of nitrogens with zero attached hydrogens (tertiary/aromatic N) is 2. The number of carbonyl (C=O) groups excluding carboxylic acids is 2. The van der Waals surface area contributed by atoms with Crippen LogP contribution in [0.1, 0.15) is 5.56 Å². The monoisotopic (exact) mass is 553 g/mol. The summed E-state index contributed by atoms with van der Waals surface area (Å²) in [6.07, 6.45) is 0. The number of imidazole rings is 1. The molecule has 3 N–H and O–H groups in total. The van der Waals surface area contributed by atoms with Gasteiger partial charge in [0.05, 0.1) is 32.8 Å². The van der Waals surface area contributed by atoms with Crippen LogP contribution in [0.2, 0.25) is 5.02 Å². The maximum Gasteiger partial charge on any atom is 0.234 e. The Kier molecular flexibility index (Phi) is 7.47. The maximum atomic E-state index is 12.5. The number of anilines is 2. The maximum absolute atomic E-state index is 12.5. The average molecular weight is 554 g/mol. The van der Waals surface area contributed by atoms with Crippen molar-refractivity contribution in [3.63, 3.8) is 0 Å². The Labute approximate surface area is 224 Å². The highest BCUT2D eigenvalue weighted by atomic mass is 35.5. The molecule has 0 saturated heterocycles. The van der Waals surface area contributed by atoms with Crippen molar-refractivity contribution in [3.8, 4) is 0 Å². The zero-order valence-electron chi connectivity index (χ0n) is 19.0. The summed E-state index contributed by atoms with van der Waals surface area (Å²) < 4.78 is 1.72. The average Bonchev–Trinajstić information content (AvgIpc) is 3.47. The first-order valence-electron chi connectivity index (χ1n) is 10.9. The Morgan fingerprint density at radius 3 is 2.61 bits per heavy atom. The molecule has 0 saturated carbocycles. The van der Waals surface area contributed by atoms with E-state index in [1.165, 1.54) is 34.9 Å². The van der Waals surface area contributed by atoms with Crippen molar-refractivity contribution in [2.75, 3.05) is 22.1 Å². The topological polar surface area (TPSA) is 99.8 Å². The second-order valence-corrected chi connectivity index (χ2v) is 11.5. The number of aromatic nitrogens is 3. The van der Waals surface area contributed by atoms with E-state index in [0.29, 0.717) is 21.6 Å². The number of carbonyl (C=O) groups is 2. The molecule has 0 aliphatic rings. The minimum absolute atomic E-state index is 0.119. The van der Waals surface area contributed by atoms with Gasteiger partial charge in [-0.15, -0.1) is 11.3 Å². The van der Waals surface area contributed by atoms with Gasteiger partial charge in [-0.25, -0.2) is 9.97 Å². The summed E-state index contributed by atoms with van der Waals surface area (Å²) in [4.78, 5) is 37.2. The number of rotatable bonds is 8. The summed E-state index contributed by atoms with van der Waals surface area (Å²) in [5.74, 6) is 0.225. The van der Waals surface area contributed by atoms with Gasteiger partial charge < -0.3 is 15.6 Å². The lowest BCUT2D eigenvalue weighted by Crippen LogP contribution is -2.14. The number of H-pyrrole nitrogens is 1. The van der Waals surface area contributed by atoms with Gasteiger partial charge in [0.25, 0.3) is 0 Å². The Balaban J connectivity index is 1.15. The van der Waals surface area contributed by atoms with Crippen molar-refractivity contribution in [2.45, 2.75) is 16.4 Å². The van der Waals surface area contributed by atoms with Crippen LogP contribution in [0.15, 0.2) is 70.2 Å². The largest absolute Gasteiger partial charge is 0.333 e. The lowest BCUT2D eigenvalue weighted by atomic mass is 10.2. The Hall–Kier alpha value is -3.05. The molecule has 2 heterocycles. The predicted octanol–water partition coefficient (Wildman–Crippen LogP) is 6.60. The van der Waals surface area contributed by atoms with E-state index in [1.807, 2.05) is 55.5 Å². The summed E-state index contributed by atoms with van der Waals surface area (Å²) in [7, 11) is 0. The Morgan fingerprint density at radius 1 is 0.944 bits per heavy atom. The molecule has 3 aromatic carbocycles. The van der Waals surface area contributed by atoms with Gasteiger partial charge in [0.15, 0.2) is 9.50 Å². The normalized spacial score (nSPS) is 11.2. The van der Waals surface area contributed by atoms with Crippen LogP contribution in [-0.4, -0.2) is 38.3 Å². The Bertz CT molecular complexity index is 1550. The van der Waals surface area contributed by atoms with Gasteiger partial charge >= 0.3 is 0 Å². The van der Waals surface area contributed by atoms with E-state index in [1.54, 1.807) is 12.1 Å². The quantitative estimate of drug-likeness (QED) is 0.187. The van der Waals surface area contributed by atoms with Gasteiger partial charge in [-0.1, -0.05) is 53.3 Å². The van der Waals surface area contributed by atoms with E-state index in [4.69, 9.17) is 11.6 Å². The third kappa shape index (κ3) is 6.01. The van der Waals surface area contributed by atoms with E-state index < -0.39 is 0 Å². The number of aryl methyl sites for hydroxylation is 1. The van der Waals surface area contributed by atoms with Gasteiger partial charge in [0.1, 0.15) is 0 Å². The minimum atomic E-state index is -0.125. The molecule has 11 heteroatoms. The van der Waals surface area contributed by atoms with Crippen molar-refractivity contribution in [1.29, 1.82) is 0 Å². The van der Waals surface area contributed by atoms with Crippen LogP contribution in [0.4, 0.5) is 11.4 Å². The molecule has 0 atom stereocenters. The third-order valence-electron chi connectivity index (χ3n) is 5.16. The fraction of sp³-hybridized carbons (Fsp3) is 0.120. The van der Waals surface area contributed by atoms with Gasteiger partial charge in [-0.05, 0) is 55.0 Å². The van der Waals surface area contributed by atoms with Gasteiger partial charge in [-0.3, -0.25) is 9.59 Å². The highest BCUT2D eigenvalue weighted by Gasteiger charge is 2.12. The molecule has 0 aliphatic heterocycles. The standard InChI is InChI=1S/C25H20ClN5O2S3/c1-14-6-7-15(26)10-20(14)28-23(33)13-35-25-31-19-9-8-16(11-21(19)36-25)27-22(32)12-34-24-29-17-4-2-3-5-18(17)30-24/h2-11H,12-13H2,1H3,(H,27,32)(H,28,33)(H,29,30). The molecule has 7 nitrogen and oxygen atoms in total. The number of nitrogens with one attached hydrogen (secondary N) is 3. The van der Waals surface area contributed by atoms with E-state index in [2.05, 4.69) is 25.6 Å². The molecule has 2 aromatic heterocycles. The van der Waals surface area contributed by atoms with Crippen LogP contribution in [0.25, 0.3) is 21.3 Å². The smallest absolute Gasteiger partial charge is 0.234 e. The fourth-order valence-corrected chi connectivity index (χ4v) is 6.18. The molecule has 0 radical (unpaired) electrons. The molecule has 0 fully saturated rings. The lowest BCUT2D eigenvalue weighted by Gasteiger charge is -2.08. The van der Waals surface area contributed by atoms with Crippen LogP contribution in [0, 0.1) is 6.92 Å². The number of hydrogen-bond donors (Lipinski definition) is 3. The number of thioether (sulfide) groups is 2. The lowest BCUT2D eigenvalue weighted by molar-refractivity contribution is -0.114. The summed E-state index contributed by atoms with van der Waals surface area (Å²) in [5, 5.41) is 7.11. The van der Waals surface area contributed by atoms with Crippen molar-refractivity contribution < 1.29 is 9.59 Å². The van der Waals surface area contributed by atoms with Gasteiger partial charge in [-0.2, -0.15) is 0 Å². The molecule has 182 valence electrons. The third-order valence-corrected chi connectivity index (χ3v) is 8.43. The second kappa shape index (κ2) is 10.9. The zero-order valence-corrected chi connectivity index (χ0v) is 22.2. The summed E-state index contributed by atoms with van der Waals surface area (Å²) in [6.45, 7) is 1.92. The molecule has 5 aromatic rings. The van der Waals surface area contributed by atoms with Crippen LogP contribution in [0.3, 0.4) is 0 Å². The molecule has 0 unspecified atom stereocenters. The summed E-state index contributed by atoms with van der Waals surface area (Å²) in [6, 6.07) is 18.7. The molecule has 2 amide bonds. The van der Waals surface area contributed by atoms with Crippen molar-refractivity contribution in [1.82, 2.24) is 15.0 Å². The fourth-order valence-electron chi connectivity index (χ4n) is 3.41. The first-order valence-corrected chi connectivity index (χ1v) is 14.1. The number of fused-ring (bicyclic) bond motifs is 2. The van der Waals surface area contributed by atoms with Gasteiger partial charge in [0, 0.05) is 16.4 Å². The minimum Gasteiger partial charge on any atom is -0.333 e. The number of thiazole rings is 1. The second-order valence-electron chi connectivity index (χ2n) is 7.85. The number of benzene rings is 3. The van der Waals surface area contributed by atoms with Crippen LogP contribution in [-0.2, 0) is 9.59 Å². The van der Waals surface area contributed by atoms with Crippen LogP contribution < -0.4 is 10.6 Å². The number of aromatic amines is 1. The molecule has 0 aliphatic carbocycles. The molecule has 0 bridgehead atoms. The highest BCUT2D eigenvalue weighted by molar-refractivity contribution is 8.01. The van der Waals surface area contributed by atoms with E-state index in [-0.39, 0.29) is 23.3 Å². The van der Waals surface area contributed by atoms with Crippen LogP contribution in [0.5, 0.6) is 0 Å². The summed E-state index contributed by atoms with van der Waals surface area (Å²) >= 11 is 10.2. The number of hydrogen-bond acceptors (Lipinski definition) is 7. The van der Waals surface area contributed by atoms with Crippen molar-refractivity contribution in [3.05, 3.63) is 71.2 Å². The highest BCUT2D eigenvalue weighted by Crippen LogP contribution is 2.32. The van der Waals surface area contributed by atoms with Gasteiger partial charge in [0.2, 0.25) is 11.8 Å². The molecular weight excluding hydrogens is 534 g/mol. The van der Waals surface area contributed by atoms with E-state index in [0.717, 1.165) is 31.2 Å². The van der Waals surface area contributed by atoms with Crippen LogP contribution >= 0.6 is 46.5 Å². The Morgan fingerprint density at radius 2 is 1.75 bits per heavy atom. The molecular formula is C25H20ClN5O2S3.